The van der Waals surface area contributed by atoms with E-state index in [1.165, 1.54) is 16.8 Å². The van der Waals surface area contributed by atoms with Crippen molar-refractivity contribution in [3.63, 3.8) is 0 Å². The summed E-state index contributed by atoms with van der Waals surface area (Å²) in [4.78, 5) is 2.26. The van der Waals surface area contributed by atoms with E-state index in [2.05, 4.69) is 63.2 Å². The van der Waals surface area contributed by atoms with Crippen LogP contribution in [0.4, 0.5) is 5.69 Å². The summed E-state index contributed by atoms with van der Waals surface area (Å²) >= 11 is 0. The van der Waals surface area contributed by atoms with Gasteiger partial charge in [-0.1, -0.05) is 24.6 Å². The molecule has 3 nitrogen and oxygen atoms in total. The first kappa shape index (κ1) is 16.0. The largest absolute Gasteiger partial charge is 0.394 e. The Hall–Kier alpha value is -1.06. The van der Waals surface area contributed by atoms with Gasteiger partial charge in [0.2, 0.25) is 0 Å². The number of nitrogens with zero attached hydrogens (tertiary/aromatic N) is 1. The van der Waals surface area contributed by atoms with Gasteiger partial charge in [-0.2, -0.15) is 0 Å². The number of aliphatic hydroxyl groups excluding tert-OH is 1. The lowest BCUT2D eigenvalue weighted by molar-refractivity contribution is 0.169. The summed E-state index contributed by atoms with van der Waals surface area (Å²) in [7, 11) is 2.11. The molecular formula is C16H28N2O. The summed E-state index contributed by atoms with van der Waals surface area (Å²) in [6.07, 6.45) is 0.918. The van der Waals surface area contributed by atoms with Crippen LogP contribution in [0, 0.1) is 13.8 Å². The molecule has 1 rings (SSSR count). The topological polar surface area (TPSA) is 35.5 Å². The molecule has 0 aromatic heterocycles. The zero-order chi connectivity index (χ0) is 14.5. The molecule has 108 valence electrons. The number of nitrogens with one attached hydrogen (secondary N) is 1. The Balaban J connectivity index is 2.66. The molecule has 0 radical (unpaired) electrons. The maximum Gasteiger partial charge on any atom is 0.0611 e. The third kappa shape index (κ3) is 4.51. The molecule has 19 heavy (non-hydrogen) atoms. The highest BCUT2D eigenvalue weighted by Gasteiger charge is 2.22. The molecule has 1 aromatic carbocycles. The summed E-state index contributed by atoms with van der Waals surface area (Å²) in [6, 6.07) is 6.53. The molecule has 0 aliphatic heterocycles. The molecule has 0 saturated heterocycles. The predicted octanol–water partition coefficient (Wildman–Crippen LogP) is 2.49. The molecular weight excluding hydrogens is 236 g/mol. The molecule has 0 saturated carbocycles. The molecule has 1 aromatic rings. The van der Waals surface area contributed by atoms with Crippen LogP contribution in [-0.2, 0) is 0 Å². The van der Waals surface area contributed by atoms with Crippen LogP contribution in [0.5, 0.6) is 0 Å². The van der Waals surface area contributed by atoms with E-state index in [1.807, 2.05) is 0 Å². The summed E-state index contributed by atoms with van der Waals surface area (Å²) in [6.45, 7) is 10.4. The Morgan fingerprint density at radius 1 is 1.32 bits per heavy atom. The van der Waals surface area contributed by atoms with Crippen LogP contribution in [0.15, 0.2) is 18.2 Å². The zero-order valence-electron chi connectivity index (χ0n) is 13.0. The van der Waals surface area contributed by atoms with Crippen molar-refractivity contribution in [2.24, 2.45) is 0 Å². The van der Waals surface area contributed by atoms with Crippen LogP contribution in [0.1, 0.15) is 31.4 Å². The second-order valence-corrected chi connectivity index (χ2v) is 5.71. The van der Waals surface area contributed by atoms with Crippen LogP contribution < -0.4 is 10.2 Å². The van der Waals surface area contributed by atoms with Gasteiger partial charge in [-0.15, -0.1) is 0 Å². The van der Waals surface area contributed by atoms with E-state index in [4.69, 9.17) is 0 Å². The van der Waals surface area contributed by atoms with Crippen LogP contribution in [0.3, 0.4) is 0 Å². The minimum absolute atomic E-state index is 0.168. The first-order chi connectivity index (χ1) is 8.91. The summed E-state index contributed by atoms with van der Waals surface area (Å²) in [5.74, 6) is 0. The highest BCUT2D eigenvalue weighted by atomic mass is 16.3. The van der Waals surface area contributed by atoms with Gasteiger partial charge in [0, 0.05) is 24.8 Å². The van der Waals surface area contributed by atoms with E-state index in [9.17, 15) is 5.11 Å². The maximum atomic E-state index is 9.51. The first-order valence-electron chi connectivity index (χ1n) is 7.06. The van der Waals surface area contributed by atoms with Crippen LogP contribution in [0.2, 0.25) is 0 Å². The molecule has 1 unspecified atom stereocenters. The predicted molar refractivity (Wildman–Crippen MR) is 83.0 cm³/mol. The van der Waals surface area contributed by atoms with Crippen LogP contribution >= 0.6 is 0 Å². The smallest absolute Gasteiger partial charge is 0.0611 e. The fourth-order valence-electron chi connectivity index (χ4n) is 2.42. The van der Waals surface area contributed by atoms with Gasteiger partial charge < -0.3 is 15.3 Å². The lowest BCUT2D eigenvalue weighted by Gasteiger charge is -2.31. The Bertz CT molecular complexity index is 406. The summed E-state index contributed by atoms with van der Waals surface area (Å²) in [5.41, 5.74) is 3.67. The Morgan fingerprint density at radius 3 is 2.53 bits per heavy atom. The lowest BCUT2D eigenvalue weighted by Crippen LogP contribution is -2.47. The fourth-order valence-corrected chi connectivity index (χ4v) is 2.42. The highest BCUT2D eigenvalue weighted by Crippen LogP contribution is 2.21. The third-order valence-electron chi connectivity index (χ3n) is 3.72. The number of benzene rings is 1. The standard InChI is InChI=1S/C16H28N2O/c1-6-17-16(4,12-19)9-10-18(5)15-8-7-13(2)11-14(15)3/h7-8,11,17,19H,6,9-10,12H2,1-5H3. The Morgan fingerprint density at radius 2 is 2.00 bits per heavy atom. The Kier molecular flexibility index (Phi) is 5.83. The fraction of sp³-hybridized carbons (Fsp3) is 0.625. The molecule has 0 aliphatic carbocycles. The van der Waals surface area contributed by atoms with Crippen molar-refractivity contribution in [3.8, 4) is 0 Å². The van der Waals surface area contributed by atoms with Crippen LogP contribution in [-0.4, -0.2) is 37.4 Å². The van der Waals surface area contributed by atoms with Gasteiger partial charge in [-0.25, -0.2) is 0 Å². The van der Waals surface area contributed by atoms with E-state index >= 15 is 0 Å². The van der Waals surface area contributed by atoms with E-state index in [1.54, 1.807) is 0 Å². The molecule has 0 heterocycles. The van der Waals surface area contributed by atoms with E-state index in [-0.39, 0.29) is 12.1 Å². The SMILES string of the molecule is CCNC(C)(CO)CCN(C)c1ccc(C)cc1C. The lowest BCUT2D eigenvalue weighted by atomic mass is 9.98. The second-order valence-electron chi connectivity index (χ2n) is 5.71. The van der Waals surface area contributed by atoms with Crippen molar-refractivity contribution in [1.82, 2.24) is 5.32 Å². The average molecular weight is 264 g/mol. The van der Waals surface area contributed by atoms with E-state index in [0.29, 0.717) is 0 Å². The first-order valence-corrected chi connectivity index (χ1v) is 7.06. The van der Waals surface area contributed by atoms with Crippen molar-refractivity contribution < 1.29 is 5.11 Å². The molecule has 2 N–H and O–H groups in total. The van der Waals surface area contributed by atoms with Crippen LogP contribution in [0.25, 0.3) is 0 Å². The van der Waals surface area contributed by atoms with Gasteiger partial charge in [-0.3, -0.25) is 0 Å². The van der Waals surface area contributed by atoms with Crippen molar-refractivity contribution in [2.75, 3.05) is 31.6 Å². The third-order valence-corrected chi connectivity index (χ3v) is 3.72. The van der Waals surface area contributed by atoms with Gasteiger partial charge in [0.05, 0.1) is 6.61 Å². The molecule has 0 aliphatic rings. The quantitative estimate of drug-likeness (QED) is 0.794. The van der Waals surface area contributed by atoms with Crippen molar-refractivity contribution in [2.45, 2.75) is 39.7 Å². The monoisotopic (exact) mass is 264 g/mol. The minimum atomic E-state index is -0.193. The molecule has 0 amide bonds. The molecule has 0 spiro atoms. The number of hydrogen-bond acceptors (Lipinski definition) is 3. The van der Waals surface area contributed by atoms with Gasteiger partial charge >= 0.3 is 0 Å². The van der Waals surface area contributed by atoms with Gasteiger partial charge in [0.25, 0.3) is 0 Å². The van der Waals surface area contributed by atoms with E-state index in [0.717, 1.165) is 19.5 Å². The zero-order valence-corrected chi connectivity index (χ0v) is 13.0. The van der Waals surface area contributed by atoms with Gasteiger partial charge in [0.15, 0.2) is 0 Å². The number of aliphatic hydroxyl groups is 1. The molecule has 0 fully saturated rings. The molecule has 1 atom stereocenters. The minimum Gasteiger partial charge on any atom is -0.394 e. The molecule has 0 bridgehead atoms. The second kappa shape index (κ2) is 6.92. The summed E-state index contributed by atoms with van der Waals surface area (Å²) in [5, 5.41) is 12.9. The van der Waals surface area contributed by atoms with Crippen molar-refractivity contribution >= 4 is 5.69 Å². The van der Waals surface area contributed by atoms with Gasteiger partial charge in [-0.05, 0) is 45.4 Å². The number of rotatable bonds is 7. The highest BCUT2D eigenvalue weighted by molar-refractivity contribution is 5.53. The Labute approximate surface area is 117 Å². The summed E-state index contributed by atoms with van der Waals surface area (Å²) < 4.78 is 0. The average Bonchev–Trinajstić information content (AvgIpc) is 2.36. The van der Waals surface area contributed by atoms with Crippen molar-refractivity contribution in [3.05, 3.63) is 29.3 Å². The normalized spacial score (nSPS) is 14.2. The van der Waals surface area contributed by atoms with Crippen molar-refractivity contribution in [1.29, 1.82) is 0 Å². The number of anilines is 1. The number of likely N-dealkylation sites (N-methyl/N-ethyl adjacent to an activating group) is 1. The number of aryl methyl sites for hydroxylation is 2. The molecule has 3 heteroatoms. The number of hydrogen-bond donors (Lipinski definition) is 2. The van der Waals surface area contributed by atoms with E-state index < -0.39 is 0 Å². The maximum absolute atomic E-state index is 9.51. The van der Waals surface area contributed by atoms with Gasteiger partial charge in [0.1, 0.15) is 0 Å².